The van der Waals surface area contributed by atoms with Crippen LogP contribution in [0.2, 0.25) is 0 Å². The lowest BCUT2D eigenvalue weighted by Crippen LogP contribution is -2.37. The van der Waals surface area contributed by atoms with Crippen LogP contribution in [0.25, 0.3) is 5.69 Å². The Bertz CT molecular complexity index is 1140. The Morgan fingerprint density at radius 3 is 2.59 bits per heavy atom. The first-order valence-corrected chi connectivity index (χ1v) is 10.2. The number of aryl methyl sites for hydroxylation is 2. The van der Waals surface area contributed by atoms with Crippen LogP contribution >= 0.6 is 0 Å². The maximum Gasteiger partial charge on any atom is 0.191 e. The average molecular weight is 437 g/mol. The quantitative estimate of drug-likeness (QED) is 0.299. The molecule has 7 nitrogen and oxygen atoms in total. The molecule has 0 atom stereocenters. The van der Waals surface area contributed by atoms with Crippen molar-refractivity contribution in [2.75, 3.05) is 19.3 Å². The molecule has 0 saturated heterocycles. The predicted molar refractivity (Wildman–Crippen MR) is 120 cm³/mol. The standard InChI is InChI=1S/C23H25F2N7/c1-15-12-16(5-10-20(15)25)14-30-23(28-2)29-11-3-4-21-19(13-26)22(27)32(31-21)18-8-6-17(24)7-9-18/h5-10,12H,3-4,11,14,27H2,1-2H3,(H2,28,29,30). The third-order valence-electron chi connectivity index (χ3n) is 4.97. The fraction of sp³-hybridized carbons (Fsp3) is 0.261. The van der Waals surface area contributed by atoms with E-state index in [-0.39, 0.29) is 17.5 Å². The second kappa shape index (κ2) is 10.4. The van der Waals surface area contributed by atoms with Crippen molar-refractivity contribution in [1.82, 2.24) is 20.4 Å². The van der Waals surface area contributed by atoms with Gasteiger partial charge in [-0.15, -0.1) is 0 Å². The number of anilines is 1. The highest BCUT2D eigenvalue weighted by Crippen LogP contribution is 2.21. The molecule has 166 valence electrons. The number of nitriles is 1. The molecule has 0 saturated carbocycles. The summed E-state index contributed by atoms with van der Waals surface area (Å²) in [7, 11) is 1.67. The Morgan fingerprint density at radius 1 is 1.19 bits per heavy atom. The van der Waals surface area contributed by atoms with Crippen LogP contribution < -0.4 is 16.4 Å². The van der Waals surface area contributed by atoms with Crippen molar-refractivity contribution in [3.05, 3.63) is 76.5 Å². The number of halogens is 2. The Hall–Kier alpha value is -3.93. The molecule has 0 bridgehead atoms. The highest BCUT2D eigenvalue weighted by atomic mass is 19.1. The molecule has 4 N–H and O–H groups in total. The molecule has 1 heterocycles. The lowest BCUT2D eigenvalue weighted by Gasteiger charge is -2.12. The predicted octanol–water partition coefficient (Wildman–Crippen LogP) is 3.21. The summed E-state index contributed by atoms with van der Waals surface area (Å²) in [5, 5.41) is 20.3. The number of hydrogen-bond donors (Lipinski definition) is 3. The molecule has 3 aromatic rings. The second-order valence-corrected chi connectivity index (χ2v) is 7.25. The smallest absolute Gasteiger partial charge is 0.191 e. The first-order chi connectivity index (χ1) is 15.4. The van der Waals surface area contributed by atoms with E-state index in [9.17, 15) is 14.0 Å². The molecule has 32 heavy (non-hydrogen) atoms. The van der Waals surface area contributed by atoms with Gasteiger partial charge in [-0.25, -0.2) is 13.5 Å². The molecular formula is C23H25F2N7. The van der Waals surface area contributed by atoms with Gasteiger partial charge in [-0.05, 0) is 61.2 Å². The van der Waals surface area contributed by atoms with E-state index in [1.54, 1.807) is 38.2 Å². The number of hydrogen-bond acceptors (Lipinski definition) is 4. The zero-order valence-corrected chi connectivity index (χ0v) is 18.0. The van der Waals surface area contributed by atoms with Gasteiger partial charge >= 0.3 is 0 Å². The van der Waals surface area contributed by atoms with Gasteiger partial charge in [0.05, 0.1) is 11.4 Å². The van der Waals surface area contributed by atoms with Crippen LogP contribution in [0.3, 0.4) is 0 Å². The van der Waals surface area contributed by atoms with Crippen molar-refractivity contribution in [3.8, 4) is 11.8 Å². The summed E-state index contributed by atoms with van der Waals surface area (Å²) < 4.78 is 28.0. The summed E-state index contributed by atoms with van der Waals surface area (Å²) >= 11 is 0. The zero-order valence-electron chi connectivity index (χ0n) is 18.0. The van der Waals surface area contributed by atoms with Crippen molar-refractivity contribution >= 4 is 11.8 Å². The van der Waals surface area contributed by atoms with Gasteiger partial charge in [-0.2, -0.15) is 10.4 Å². The lowest BCUT2D eigenvalue weighted by molar-refractivity contribution is 0.617. The van der Waals surface area contributed by atoms with E-state index in [0.717, 1.165) is 5.56 Å². The van der Waals surface area contributed by atoms with Crippen LogP contribution in [0.5, 0.6) is 0 Å². The number of nitrogens with two attached hydrogens (primary N) is 1. The van der Waals surface area contributed by atoms with Crippen LogP contribution in [-0.4, -0.2) is 29.3 Å². The minimum atomic E-state index is -0.358. The minimum absolute atomic E-state index is 0.226. The summed E-state index contributed by atoms with van der Waals surface area (Å²) in [5.41, 5.74) is 9.13. The van der Waals surface area contributed by atoms with Crippen molar-refractivity contribution < 1.29 is 8.78 Å². The zero-order chi connectivity index (χ0) is 23.1. The number of nitrogens with zero attached hydrogens (tertiary/aromatic N) is 4. The molecule has 0 amide bonds. The summed E-state index contributed by atoms with van der Waals surface area (Å²) in [6.07, 6.45) is 1.22. The molecule has 3 rings (SSSR count). The molecule has 0 radical (unpaired) electrons. The van der Waals surface area contributed by atoms with Crippen LogP contribution in [-0.2, 0) is 13.0 Å². The Kier molecular flexibility index (Phi) is 7.39. The lowest BCUT2D eigenvalue weighted by atomic mass is 10.1. The number of aliphatic imine (C=N–C) groups is 1. The SMILES string of the molecule is CN=C(NCCCc1nn(-c2ccc(F)cc2)c(N)c1C#N)NCc1ccc(F)c(C)c1. The molecule has 2 aromatic carbocycles. The summed E-state index contributed by atoms with van der Waals surface area (Å²) in [5.74, 6) is 0.260. The number of aromatic nitrogens is 2. The van der Waals surface area contributed by atoms with Crippen molar-refractivity contribution in [2.45, 2.75) is 26.3 Å². The third-order valence-corrected chi connectivity index (χ3v) is 4.97. The molecule has 1 aromatic heterocycles. The van der Waals surface area contributed by atoms with Crippen LogP contribution in [0.4, 0.5) is 14.6 Å². The fourth-order valence-corrected chi connectivity index (χ4v) is 3.24. The first-order valence-electron chi connectivity index (χ1n) is 10.2. The number of benzene rings is 2. The first kappa shape index (κ1) is 22.7. The second-order valence-electron chi connectivity index (χ2n) is 7.25. The van der Waals surface area contributed by atoms with Gasteiger partial charge in [-0.1, -0.05) is 12.1 Å². The largest absolute Gasteiger partial charge is 0.382 e. The van der Waals surface area contributed by atoms with E-state index < -0.39 is 0 Å². The highest BCUT2D eigenvalue weighted by Gasteiger charge is 2.16. The molecule has 9 heteroatoms. The maximum atomic E-state index is 13.4. The van der Waals surface area contributed by atoms with Crippen molar-refractivity contribution in [2.24, 2.45) is 4.99 Å². The Balaban J connectivity index is 1.55. The average Bonchev–Trinajstić information content (AvgIpc) is 3.11. The van der Waals surface area contributed by atoms with E-state index in [1.165, 1.54) is 22.9 Å². The minimum Gasteiger partial charge on any atom is -0.382 e. The van der Waals surface area contributed by atoms with Gasteiger partial charge in [-0.3, -0.25) is 4.99 Å². The topological polar surface area (TPSA) is 104 Å². The summed E-state index contributed by atoms with van der Waals surface area (Å²) in [6, 6.07) is 12.8. The van der Waals surface area contributed by atoms with E-state index in [2.05, 4.69) is 26.8 Å². The van der Waals surface area contributed by atoms with Gasteiger partial charge in [0.15, 0.2) is 5.96 Å². The van der Waals surface area contributed by atoms with Gasteiger partial charge < -0.3 is 16.4 Å². The van der Waals surface area contributed by atoms with Gasteiger partial charge in [0, 0.05) is 20.1 Å². The maximum absolute atomic E-state index is 13.4. The summed E-state index contributed by atoms with van der Waals surface area (Å²) in [4.78, 5) is 4.18. The number of guanidine groups is 1. The van der Waals surface area contributed by atoms with Gasteiger partial charge in [0.2, 0.25) is 0 Å². The molecule has 0 unspecified atom stereocenters. The normalized spacial score (nSPS) is 11.3. The van der Waals surface area contributed by atoms with Gasteiger partial charge in [0.25, 0.3) is 0 Å². The molecule has 0 aliphatic rings. The van der Waals surface area contributed by atoms with E-state index in [4.69, 9.17) is 5.73 Å². The molecule has 0 aliphatic heterocycles. The third kappa shape index (κ3) is 5.40. The Labute approximate surface area is 185 Å². The van der Waals surface area contributed by atoms with E-state index in [0.29, 0.717) is 54.4 Å². The fourth-order valence-electron chi connectivity index (χ4n) is 3.24. The van der Waals surface area contributed by atoms with Crippen molar-refractivity contribution in [3.63, 3.8) is 0 Å². The van der Waals surface area contributed by atoms with Crippen molar-refractivity contribution in [1.29, 1.82) is 5.26 Å². The number of nitrogens with one attached hydrogen (secondary N) is 2. The number of nitrogen functional groups attached to an aromatic ring is 1. The van der Waals surface area contributed by atoms with Gasteiger partial charge in [0.1, 0.15) is 29.1 Å². The van der Waals surface area contributed by atoms with Crippen LogP contribution in [0.1, 0.15) is 28.8 Å². The highest BCUT2D eigenvalue weighted by molar-refractivity contribution is 5.79. The molecular weight excluding hydrogens is 412 g/mol. The van der Waals surface area contributed by atoms with Crippen LogP contribution in [0.15, 0.2) is 47.5 Å². The van der Waals surface area contributed by atoms with Crippen LogP contribution in [0, 0.1) is 29.9 Å². The van der Waals surface area contributed by atoms with E-state index in [1.807, 2.05) is 0 Å². The summed E-state index contributed by atoms with van der Waals surface area (Å²) in [6.45, 7) is 2.83. The monoisotopic (exact) mass is 437 g/mol. The Morgan fingerprint density at radius 2 is 1.94 bits per heavy atom. The molecule has 0 aliphatic carbocycles. The molecule has 0 fully saturated rings. The number of rotatable bonds is 7. The molecule has 0 spiro atoms. The van der Waals surface area contributed by atoms with E-state index >= 15 is 0 Å².